The summed E-state index contributed by atoms with van der Waals surface area (Å²) in [4.78, 5) is 23.6. The maximum atomic E-state index is 10.4. The molecule has 5 heteroatoms. The summed E-state index contributed by atoms with van der Waals surface area (Å²) in [6.07, 6.45) is 9.54. The van der Waals surface area contributed by atoms with Crippen molar-refractivity contribution in [2.45, 2.75) is 70.6 Å². The molecule has 1 aromatic rings. The summed E-state index contributed by atoms with van der Waals surface area (Å²) in [5.41, 5.74) is 0. The van der Waals surface area contributed by atoms with Gasteiger partial charge in [0.25, 0.3) is 0 Å². The molecule has 0 spiro atoms. The van der Waals surface area contributed by atoms with E-state index in [9.17, 15) is 9.59 Å². The Balaban J connectivity index is 2.04. The third kappa shape index (κ3) is 9.55. The Morgan fingerprint density at radius 1 is 0.727 bits per heavy atom. The van der Waals surface area contributed by atoms with Crippen molar-refractivity contribution in [3.8, 4) is 0 Å². The quantitative estimate of drug-likeness (QED) is 0.523. The largest absolute Gasteiger partial charge is 0.481 e. The molecule has 0 aromatic carbocycles. The summed E-state index contributed by atoms with van der Waals surface area (Å²) in [5, 5.41) is 17.1. The van der Waals surface area contributed by atoms with Gasteiger partial charge in [-0.05, 0) is 50.7 Å². The molecule has 0 aliphatic carbocycles. The minimum Gasteiger partial charge on any atom is -0.481 e. The number of carbonyl (C=O) groups is 2. The first-order valence-corrected chi connectivity index (χ1v) is 8.91. The molecule has 2 N–H and O–H groups in total. The highest BCUT2D eigenvalue weighted by Gasteiger charge is 2.02. The number of hydrogen-bond acceptors (Lipinski definition) is 3. The minimum atomic E-state index is -0.713. The van der Waals surface area contributed by atoms with Crippen LogP contribution in [0.4, 0.5) is 0 Å². The second-order valence-electron chi connectivity index (χ2n) is 5.63. The summed E-state index contributed by atoms with van der Waals surface area (Å²) in [6, 6.07) is 4.34. The molecule has 4 nitrogen and oxygen atoms in total. The number of thiophene rings is 1. The van der Waals surface area contributed by atoms with Crippen molar-refractivity contribution in [1.82, 2.24) is 0 Å². The van der Waals surface area contributed by atoms with Crippen molar-refractivity contribution >= 4 is 23.3 Å². The summed E-state index contributed by atoms with van der Waals surface area (Å²) in [7, 11) is 0. The van der Waals surface area contributed by atoms with Crippen LogP contribution in [-0.4, -0.2) is 22.2 Å². The SMILES string of the molecule is O=C(O)CCCCCCCc1ccc(CCCCC(=O)O)s1. The van der Waals surface area contributed by atoms with Crippen molar-refractivity contribution in [2.75, 3.05) is 0 Å². The second-order valence-corrected chi connectivity index (χ2v) is 6.88. The van der Waals surface area contributed by atoms with E-state index in [1.807, 2.05) is 11.3 Å². The van der Waals surface area contributed by atoms with Crippen LogP contribution in [0.1, 0.15) is 67.5 Å². The monoisotopic (exact) mass is 326 g/mol. The Hall–Kier alpha value is -1.36. The van der Waals surface area contributed by atoms with Gasteiger partial charge in [0.05, 0.1) is 0 Å². The summed E-state index contributed by atoms with van der Waals surface area (Å²) < 4.78 is 0. The van der Waals surface area contributed by atoms with E-state index >= 15 is 0 Å². The van der Waals surface area contributed by atoms with Crippen LogP contribution < -0.4 is 0 Å². The van der Waals surface area contributed by atoms with Crippen LogP contribution in [0, 0.1) is 0 Å². The van der Waals surface area contributed by atoms with E-state index in [1.54, 1.807) is 0 Å². The van der Waals surface area contributed by atoms with E-state index in [0.29, 0.717) is 0 Å². The molecule has 0 unspecified atom stereocenters. The number of carboxylic acid groups (broad SMARTS) is 2. The molecule has 22 heavy (non-hydrogen) atoms. The lowest BCUT2D eigenvalue weighted by Crippen LogP contribution is -1.94. The molecule has 0 saturated heterocycles. The van der Waals surface area contributed by atoms with E-state index in [0.717, 1.165) is 57.8 Å². The first kappa shape index (κ1) is 18.7. The molecule has 1 aromatic heterocycles. The standard InChI is InChI=1S/C17H26O4S/c18-16(19)10-5-3-1-2-4-8-14-12-13-15(22-14)9-6-7-11-17(20)21/h12-13H,1-11H2,(H,18,19)(H,20,21). The zero-order valence-corrected chi connectivity index (χ0v) is 13.9. The summed E-state index contributed by atoms with van der Waals surface area (Å²) in [5.74, 6) is -1.41. The lowest BCUT2D eigenvalue weighted by atomic mass is 10.1. The lowest BCUT2D eigenvalue weighted by molar-refractivity contribution is -0.138. The summed E-state index contributed by atoms with van der Waals surface area (Å²) >= 11 is 1.84. The van der Waals surface area contributed by atoms with Gasteiger partial charge >= 0.3 is 11.9 Å². The molecule has 0 radical (unpaired) electrons. The predicted octanol–water partition coefficient (Wildman–Crippen LogP) is 4.51. The van der Waals surface area contributed by atoms with Gasteiger partial charge in [0, 0.05) is 22.6 Å². The van der Waals surface area contributed by atoms with E-state index < -0.39 is 11.9 Å². The molecule has 0 atom stereocenters. The highest BCUT2D eigenvalue weighted by molar-refractivity contribution is 7.11. The molecular formula is C17H26O4S. The molecular weight excluding hydrogens is 300 g/mol. The van der Waals surface area contributed by atoms with Crippen LogP contribution in [0.2, 0.25) is 0 Å². The molecule has 1 rings (SSSR count). The van der Waals surface area contributed by atoms with Crippen LogP contribution in [0.25, 0.3) is 0 Å². The van der Waals surface area contributed by atoms with Crippen molar-refractivity contribution in [3.63, 3.8) is 0 Å². The highest BCUT2D eigenvalue weighted by atomic mass is 32.1. The first-order valence-electron chi connectivity index (χ1n) is 8.09. The molecule has 1 heterocycles. The fourth-order valence-corrected chi connectivity index (χ4v) is 3.47. The Kier molecular flexibility index (Phi) is 9.55. The fraction of sp³-hybridized carbons (Fsp3) is 0.647. The van der Waals surface area contributed by atoms with E-state index in [2.05, 4.69) is 12.1 Å². The van der Waals surface area contributed by atoms with Gasteiger partial charge in [-0.1, -0.05) is 19.3 Å². The Morgan fingerprint density at radius 3 is 1.68 bits per heavy atom. The number of unbranched alkanes of at least 4 members (excludes halogenated alkanes) is 5. The Morgan fingerprint density at radius 2 is 1.14 bits per heavy atom. The van der Waals surface area contributed by atoms with Gasteiger partial charge in [0.1, 0.15) is 0 Å². The van der Waals surface area contributed by atoms with Gasteiger partial charge in [0.2, 0.25) is 0 Å². The Bertz CT molecular complexity index is 453. The van der Waals surface area contributed by atoms with Crippen LogP contribution in [0.15, 0.2) is 12.1 Å². The fourth-order valence-electron chi connectivity index (χ4n) is 2.37. The van der Waals surface area contributed by atoms with Crippen LogP contribution in [-0.2, 0) is 22.4 Å². The van der Waals surface area contributed by atoms with Gasteiger partial charge < -0.3 is 10.2 Å². The first-order chi connectivity index (χ1) is 10.6. The van der Waals surface area contributed by atoms with Gasteiger partial charge in [0.15, 0.2) is 0 Å². The Labute approximate surface area is 136 Å². The third-order valence-electron chi connectivity index (χ3n) is 3.59. The van der Waals surface area contributed by atoms with Crippen molar-refractivity contribution in [1.29, 1.82) is 0 Å². The number of carboxylic acids is 2. The zero-order chi connectivity index (χ0) is 16.2. The third-order valence-corrected chi connectivity index (χ3v) is 4.80. The highest BCUT2D eigenvalue weighted by Crippen LogP contribution is 2.21. The van der Waals surface area contributed by atoms with Crippen molar-refractivity contribution in [2.24, 2.45) is 0 Å². The molecule has 0 amide bonds. The average Bonchev–Trinajstić information content (AvgIpc) is 2.90. The number of rotatable bonds is 13. The molecule has 0 aliphatic heterocycles. The van der Waals surface area contributed by atoms with Crippen molar-refractivity contribution in [3.05, 3.63) is 21.9 Å². The topological polar surface area (TPSA) is 74.6 Å². The van der Waals surface area contributed by atoms with E-state index in [-0.39, 0.29) is 12.8 Å². The van der Waals surface area contributed by atoms with Gasteiger partial charge in [-0.2, -0.15) is 0 Å². The van der Waals surface area contributed by atoms with Gasteiger partial charge in [-0.3, -0.25) is 9.59 Å². The normalized spacial score (nSPS) is 10.7. The molecule has 0 fully saturated rings. The van der Waals surface area contributed by atoms with E-state index in [1.165, 1.54) is 9.75 Å². The molecule has 0 saturated carbocycles. The predicted molar refractivity (Wildman–Crippen MR) is 88.6 cm³/mol. The lowest BCUT2D eigenvalue weighted by Gasteiger charge is -2.00. The maximum absolute atomic E-state index is 10.4. The average molecular weight is 326 g/mol. The van der Waals surface area contributed by atoms with Crippen LogP contribution in [0.3, 0.4) is 0 Å². The second kappa shape index (κ2) is 11.2. The number of aliphatic carboxylic acids is 2. The molecule has 0 bridgehead atoms. The molecule has 0 aliphatic rings. The summed E-state index contributed by atoms with van der Waals surface area (Å²) in [6.45, 7) is 0. The zero-order valence-electron chi connectivity index (χ0n) is 13.1. The number of hydrogen-bond donors (Lipinski definition) is 2. The molecule has 124 valence electrons. The minimum absolute atomic E-state index is 0.264. The van der Waals surface area contributed by atoms with Crippen LogP contribution in [0.5, 0.6) is 0 Å². The van der Waals surface area contributed by atoms with E-state index in [4.69, 9.17) is 10.2 Å². The van der Waals surface area contributed by atoms with Gasteiger partial charge in [-0.25, -0.2) is 0 Å². The smallest absolute Gasteiger partial charge is 0.303 e. The number of aryl methyl sites for hydroxylation is 2. The van der Waals surface area contributed by atoms with Crippen LogP contribution >= 0.6 is 11.3 Å². The maximum Gasteiger partial charge on any atom is 0.303 e. The van der Waals surface area contributed by atoms with Crippen molar-refractivity contribution < 1.29 is 19.8 Å². The van der Waals surface area contributed by atoms with Gasteiger partial charge in [-0.15, -0.1) is 11.3 Å².